The summed E-state index contributed by atoms with van der Waals surface area (Å²) in [5, 5.41) is 3.26. The van der Waals surface area contributed by atoms with E-state index < -0.39 is 0 Å². The van der Waals surface area contributed by atoms with Gasteiger partial charge < -0.3 is 19.5 Å². The van der Waals surface area contributed by atoms with Crippen LogP contribution in [-0.2, 0) is 22.4 Å². The lowest BCUT2D eigenvalue weighted by Crippen LogP contribution is -2.34. The van der Waals surface area contributed by atoms with Gasteiger partial charge in [0.1, 0.15) is 17.6 Å². The number of hydrogen-bond donors (Lipinski definition) is 1. The van der Waals surface area contributed by atoms with Crippen molar-refractivity contribution in [1.29, 1.82) is 0 Å². The number of likely N-dealkylation sites (N-methyl/N-ethyl adjacent to an activating group) is 1. The molecule has 3 heterocycles. The number of amides is 2. The number of anilines is 2. The topological polar surface area (TPSA) is 65.8 Å². The smallest absolute Gasteiger partial charge is 0.231 e. The summed E-state index contributed by atoms with van der Waals surface area (Å²) >= 11 is 0. The molecule has 0 bridgehead atoms. The Bertz CT molecular complexity index is 1260. The Labute approximate surface area is 206 Å². The minimum atomic E-state index is -0.379. The third-order valence-corrected chi connectivity index (χ3v) is 7.13. The molecule has 1 atom stereocenters. The molecule has 1 saturated heterocycles. The van der Waals surface area contributed by atoms with Gasteiger partial charge in [-0.25, -0.2) is 0 Å². The number of fused-ring (bicyclic) bond motifs is 1. The molecule has 182 valence electrons. The summed E-state index contributed by atoms with van der Waals surface area (Å²) in [5.74, 6) is 1.56. The normalized spacial score (nSPS) is 16.4. The predicted molar refractivity (Wildman–Crippen MR) is 138 cm³/mol. The Hall–Kier alpha value is -3.54. The summed E-state index contributed by atoms with van der Waals surface area (Å²) in [6.45, 7) is 6.08. The quantitative estimate of drug-likeness (QED) is 0.558. The van der Waals surface area contributed by atoms with Gasteiger partial charge in [0.25, 0.3) is 0 Å². The first-order valence-corrected chi connectivity index (χ1v) is 12.5. The molecule has 1 fully saturated rings. The molecule has 6 heteroatoms. The molecule has 5 rings (SSSR count). The van der Waals surface area contributed by atoms with E-state index in [2.05, 4.69) is 35.3 Å². The minimum absolute atomic E-state index is 0.0770. The van der Waals surface area contributed by atoms with Crippen molar-refractivity contribution >= 4 is 23.2 Å². The highest BCUT2D eigenvalue weighted by atomic mass is 16.3. The van der Waals surface area contributed by atoms with Crippen LogP contribution in [0.15, 0.2) is 52.9 Å². The Morgan fingerprint density at radius 2 is 1.80 bits per heavy atom. The average molecular weight is 472 g/mol. The first kappa shape index (κ1) is 23.2. The monoisotopic (exact) mass is 471 g/mol. The van der Waals surface area contributed by atoms with Gasteiger partial charge in [0.15, 0.2) is 0 Å². The maximum Gasteiger partial charge on any atom is 0.231 e. The highest BCUT2D eigenvalue weighted by molar-refractivity contribution is 6.01. The summed E-state index contributed by atoms with van der Waals surface area (Å²) in [4.78, 5) is 29.5. The zero-order valence-electron chi connectivity index (χ0n) is 20.8. The number of piperidine rings is 1. The van der Waals surface area contributed by atoms with E-state index in [9.17, 15) is 9.59 Å². The van der Waals surface area contributed by atoms with E-state index in [0.717, 1.165) is 47.0 Å². The molecular formula is C29H33N3O3. The van der Waals surface area contributed by atoms with E-state index in [1.54, 1.807) is 11.9 Å². The summed E-state index contributed by atoms with van der Waals surface area (Å²) in [7, 11) is 1.79. The van der Waals surface area contributed by atoms with Crippen molar-refractivity contribution < 1.29 is 14.0 Å². The van der Waals surface area contributed by atoms with Gasteiger partial charge in [-0.3, -0.25) is 9.59 Å². The molecule has 1 aromatic heterocycles. The molecule has 1 unspecified atom stereocenters. The summed E-state index contributed by atoms with van der Waals surface area (Å²) in [5.41, 5.74) is 6.23. The van der Waals surface area contributed by atoms with Crippen LogP contribution in [0.2, 0.25) is 0 Å². The highest BCUT2D eigenvalue weighted by Gasteiger charge is 2.27. The fraction of sp³-hybridized carbons (Fsp3) is 0.379. The lowest BCUT2D eigenvalue weighted by molar-refractivity contribution is -0.121. The molecule has 6 nitrogen and oxygen atoms in total. The molecule has 2 aliphatic heterocycles. The van der Waals surface area contributed by atoms with Crippen LogP contribution in [0.25, 0.3) is 0 Å². The molecular weight excluding hydrogens is 438 g/mol. The van der Waals surface area contributed by atoms with E-state index in [1.165, 1.54) is 30.5 Å². The zero-order valence-corrected chi connectivity index (χ0v) is 20.8. The predicted octanol–water partition coefficient (Wildman–Crippen LogP) is 4.85. The third-order valence-electron chi connectivity index (χ3n) is 7.13. The van der Waals surface area contributed by atoms with Gasteiger partial charge in [-0.1, -0.05) is 24.3 Å². The molecule has 2 aliphatic rings. The Morgan fingerprint density at radius 3 is 2.54 bits per heavy atom. The van der Waals surface area contributed by atoms with Crippen LogP contribution < -0.4 is 15.1 Å². The third kappa shape index (κ3) is 4.83. The SMILES string of the molecule is Cc1ccc(C(NC(=O)Cc2ccc3c(c2)CC(=O)N3C)c2ccc(C)o2)c(N2CCCCC2)c1. The van der Waals surface area contributed by atoms with Crippen LogP contribution in [-0.4, -0.2) is 32.0 Å². The number of rotatable bonds is 6. The van der Waals surface area contributed by atoms with Crippen LogP contribution >= 0.6 is 0 Å². The molecule has 1 N–H and O–H groups in total. The van der Waals surface area contributed by atoms with Crippen LogP contribution in [0.5, 0.6) is 0 Å². The van der Waals surface area contributed by atoms with Crippen LogP contribution in [0.1, 0.15) is 59.1 Å². The van der Waals surface area contributed by atoms with Crippen LogP contribution in [0, 0.1) is 13.8 Å². The van der Waals surface area contributed by atoms with Gasteiger partial charge in [-0.2, -0.15) is 0 Å². The molecule has 0 saturated carbocycles. The van der Waals surface area contributed by atoms with Gasteiger partial charge in [0.05, 0.1) is 12.8 Å². The standard InChI is InChI=1S/C29H33N3O3/c1-19-7-10-23(25(15-19)32-13-5-4-6-14-32)29(26-12-8-20(2)35-26)30-27(33)17-21-9-11-24-22(16-21)18-28(34)31(24)3/h7-12,15-16,29H,4-6,13-14,17-18H2,1-3H3,(H,30,33). The number of nitrogens with one attached hydrogen (secondary N) is 1. The van der Waals surface area contributed by atoms with E-state index in [1.807, 2.05) is 37.3 Å². The molecule has 2 aromatic carbocycles. The summed E-state index contributed by atoms with van der Waals surface area (Å²) < 4.78 is 6.03. The van der Waals surface area contributed by atoms with Gasteiger partial charge in [-0.15, -0.1) is 0 Å². The first-order valence-electron chi connectivity index (χ1n) is 12.5. The molecule has 3 aromatic rings. The van der Waals surface area contributed by atoms with E-state index in [-0.39, 0.29) is 24.3 Å². The lowest BCUT2D eigenvalue weighted by atomic mass is 9.97. The Morgan fingerprint density at radius 1 is 1.00 bits per heavy atom. The van der Waals surface area contributed by atoms with E-state index in [4.69, 9.17) is 4.42 Å². The molecule has 0 radical (unpaired) electrons. The van der Waals surface area contributed by atoms with Crippen molar-refractivity contribution in [3.63, 3.8) is 0 Å². The van der Waals surface area contributed by atoms with Gasteiger partial charge in [0.2, 0.25) is 11.8 Å². The van der Waals surface area contributed by atoms with Crippen LogP contribution in [0.3, 0.4) is 0 Å². The number of carbonyl (C=O) groups excluding carboxylic acids is 2. The van der Waals surface area contributed by atoms with Gasteiger partial charge >= 0.3 is 0 Å². The van der Waals surface area contributed by atoms with Crippen molar-refractivity contribution in [2.45, 2.75) is 52.0 Å². The van der Waals surface area contributed by atoms with E-state index in [0.29, 0.717) is 6.42 Å². The number of aryl methyl sites for hydroxylation is 2. The molecule has 0 aliphatic carbocycles. The largest absolute Gasteiger partial charge is 0.464 e. The lowest BCUT2D eigenvalue weighted by Gasteiger charge is -2.32. The van der Waals surface area contributed by atoms with Crippen molar-refractivity contribution in [3.8, 4) is 0 Å². The van der Waals surface area contributed by atoms with Crippen LogP contribution in [0.4, 0.5) is 11.4 Å². The van der Waals surface area contributed by atoms with Crippen molar-refractivity contribution in [3.05, 3.63) is 82.3 Å². The van der Waals surface area contributed by atoms with Crippen molar-refractivity contribution in [2.24, 2.45) is 0 Å². The number of nitrogens with zero attached hydrogens (tertiary/aromatic N) is 2. The fourth-order valence-electron chi connectivity index (χ4n) is 5.25. The van der Waals surface area contributed by atoms with Gasteiger partial charge in [0, 0.05) is 37.1 Å². The Balaban J connectivity index is 1.43. The van der Waals surface area contributed by atoms with Crippen molar-refractivity contribution in [1.82, 2.24) is 5.32 Å². The number of furan rings is 1. The second-order valence-electron chi connectivity index (χ2n) is 9.83. The number of benzene rings is 2. The second-order valence-corrected chi connectivity index (χ2v) is 9.83. The number of carbonyl (C=O) groups is 2. The minimum Gasteiger partial charge on any atom is -0.464 e. The maximum absolute atomic E-state index is 13.3. The summed E-state index contributed by atoms with van der Waals surface area (Å²) in [6, 6.07) is 15.8. The number of hydrogen-bond acceptors (Lipinski definition) is 4. The molecule has 2 amide bonds. The highest BCUT2D eigenvalue weighted by Crippen LogP contribution is 2.34. The zero-order chi connectivity index (χ0) is 24.5. The summed E-state index contributed by atoms with van der Waals surface area (Å²) in [6.07, 6.45) is 4.25. The Kier molecular flexibility index (Phi) is 6.37. The maximum atomic E-state index is 13.3. The second kappa shape index (κ2) is 9.61. The molecule has 0 spiro atoms. The van der Waals surface area contributed by atoms with E-state index >= 15 is 0 Å². The fourth-order valence-corrected chi connectivity index (χ4v) is 5.25. The molecule has 35 heavy (non-hydrogen) atoms. The first-order chi connectivity index (χ1) is 16.9. The van der Waals surface area contributed by atoms with Crippen molar-refractivity contribution in [2.75, 3.05) is 29.9 Å². The average Bonchev–Trinajstić information content (AvgIpc) is 3.40. The van der Waals surface area contributed by atoms with Gasteiger partial charge in [-0.05, 0) is 74.1 Å².